The van der Waals surface area contributed by atoms with Crippen molar-refractivity contribution < 1.29 is 30.0 Å². The summed E-state index contributed by atoms with van der Waals surface area (Å²) in [6.07, 6.45) is 0.680. The molecule has 1 aliphatic carbocycles. The zero-order chi connectivity index (χ0) is 10.9. The molecule has 0 aromatic carbocycles. The van der Waals surface area contributed by atoms with E-state index in [1.165, 1.54) is 0 Å². The monoisotopic (exact) mass is 200 g/mol. The van der Waals surface area contributed by atoms with Crippen molar-refractivity contribution in [1.82, 2.24) is 0 Å². The number of rotatable bonds is 2. The van der Waals surface area contributed by atoms with Crippen molar-refractivity contribution in [3.05, 3.63) is 23.8 Å². The number of aliphatic hydroxyl groups is 2. The molecule has 0 amide bonds. The van der Waals surface area contributed by atoms with Gasteiger partial charge in [0, 0.05) is 0 Å². The van der Waals surface area contributed by atoms with E-state index < -0.39 is 23.6 Å². The largest absolute Gasteiger partial charge is 0.479 e. The molecule has 0 heterocycles. The normalized spacial score (nSPS) is 31.0. The zero-order valence-corrected chi connectivity index (χ0v) is 6.91. The third kappa shape index (κ3) is 1.52. The summed E-state index contributed by atoms with van der Waals surface area (Å²) >= 11 is 0. The van der Waals surface area contributed by atoms with Gasteiger partial charge in [-0.3, -0.25) is 0 Å². The van der Waals surface area contributed by atoms with Gasteiger partial charge in [-0.05, 0) is 18.2 Å². The molecule has 0 unspecified atom stereocenters. The first-order chi connectivity index (χ1) is 6.38. The van der Waals surface area contributed by atoms with Crippen LogP contribution in [0.4, 0.5) is 0 Å². The molecule has 0 saturated heterocycles. The lowest BCUT2D eigenvalue weighted by atomic mass is 9.89. The lowest BCUT2D eigenvalue weighted by molar-refractivity contribution is -0.161. The molecule has 1 aliphatic rings. The van der Waals surface area contributed by atoms with Gasteiger partial charge in [-0.1, -0.05) is 0 Å². The number of aliphatic hydroxyl groups excluding tert-OH is 1. The molecule has 0 aliphatic heterocycles. The Morgan fingerprint density at radius 2 is 1.93 bits per heavy atom. The molecule has 6 heteroatoms. The Bertz CT molecular complexity index is 342. The molecule has 0 saturated carbocycles. The molecule has 6 nitrogen and oxygen atoms in total. The Hall–Kier alpha value is -1.66. The smallest absolute Gasteiger partial charge is 0.342 e. The predicted octanol–water partition coefficient (Wildman–Crippen LogP) is -1.26. The van der Waals surface area contributed by atoms with Crippen LogP contribution in [0.2, 0.25) is 0 Å². The van der Waals surface area contributed by atoms with Gasteiger partial charge in [-0.2, -0.15) is 0 Å². The molecule has 2 atom stereocenters. The summed E-state index contributed by atoms with van der Waals surface area (Å²) in [4.78, 5) is 20.9. The maximum atomic E-state index is 10.5. The van der Waals surface area contributed by atoms with Crippen molar-refractivity contribution in [2.45, 2.75) is 11.7 Å². The highest BCUT2D eigenvalue weighted by Crippen LogP contribution is 2.21. The van der Waals surface area contributed by atoms with E-state index in [0.717, 1.165) is 18.2 Å². The van der Waals surface area contributed by atoms with Crippen LogP contribution in [-0.2, 0) is 9.59 Å². The van der Waals surface area contributed by atoms with Crippen molar-refractivity contribution >= 4 is 11.9 Å². The van der Waals surface area contributed by atoms with Crippen LogP contribution in [0.1, 0.15) is 0 Å². The van der Waals surface area contributed by atoms with Crippen LogP contribution in [0, 0.1) is 0 Å². The van der Waals surface area contributed by atoms with E-state index in [1.54, 1.807) is 0 Å². The Labute approximate surface area is 78.4 Å². The number of aliphatic carboxylic acids is 2. The minimum Gasteiger partial charge on any atom is -0.479 e. The maximum Gasteiger partial charge on any atom is 0.342 e. The first-order valence-electron chi connectivity index (χ1n) is 3.66. The van der Waals surface area contributed by atoms with Crippen LogP contribution in [-0.4, -0.2) is 44.1 Å². The molecule has 0 bridgehead atoms. The van der Waals surface area contributed by atoms with Gasteiger partial charge < -0.3 is 20.4 Å². The van der Waals surface area contributed by atoms with Crippen LogP contribution in [0.25, 0.3) is 0 Å². The molecule has 0 aromatic rings. The van der Waals surface area contributed by atoms with Crippen molar-refractivity contribution in [2.24, 2.45) is 0 Å². The minimum absolute atomic E-state index is 0.261. The van der Waals surface area contributed by atoms with Crippen LogP contribution >= 0.6 is 0 Å². The summed E-state index contributed by atoms with van der Waals surface area (Å²) in [5.41, 5.74) is -2.71. The van der Waals surface area contributed by atoms with Crippen molar-refractivity contribution in [3.8, 4) is 0 Å². The second-order valence-corrected chi connectivity index (χ2v) is 2.84. The maximum absolute atomic E-state index is 10.5. The summed E-state index contributed by atoms with van der Waals surface area (Å²) in [7, 11) is 0. The Morgan fingerprint density at radius 3 is 2.29 bits per heavy atom. The average Bonchev–Trinajstić information content (AvgIpc) is 2.09. The van der Waals surface area contributed by atoms with Crippen LogP contribution < -0.4 is 0 Å². The number of carboxylic acids is 2. The summed E-state index contributed by atoms with van der Waals surface area (Å²) < 4.78 is 0. The SMILES string of the molecule is O=C(O)C1=C[C@@H](O)[C@@](O)(C(=O)O)C=C1. The Balaban J connectivity index is 3.02. The molecular formula is C8H8O6. The van der Waals surface area contributed by atoms with Gasteiger partial charge in [0.05, 0.1) is 5.57 Å². The fourth-order valence-corrected chi connectivity index (χ4v) is 1.01. The van der Waals surface area contributed by atoms with Crippen LogP contribution in [0.3, 0.4) is 0 Å². The van der Waals surface area contributed by atoms with Gasteiger partial charge in [-0.25, -0.2) is 9.59 Å². The van der Waals surface area contributed by atoms with E-state index in [2.05, 4.69) is 0 Å². The number of hydrogen-bond acceptors (Lipinski definition) is 4. The Kier molecular flexibility index (Phi) is 2.41. The van der Waals surface area contributed by atoms with Gasteiger partial charge in [0.15, 0.2) is 0 Å². The summed E-state index contributed by atoms with van der Waals surface area (Å²) in [6, 6.07) is 0. The van der Waals surface area contributed by atoms with Crippen LogP contribution in [0.5, 0.6) is 0 Å². The highest BCUT2D eigenvalue weighted by atomic mass is 16.4. The highest BCUT2D eigenvalue weighted by Gasteiger charge is 2.42. The number of carbonyl (C=O) groups is 2. The predicted molar refractivity (Wildman–Crippen MR) is 43.5 cm³/mol. The molecule has 0 spiro atoms. The van der Waals surface area contributed by atoms with Crippen LogP contribution in [0.15, 0.2) is 23.8 Å². The van der Waals surface area contributed by atoms with Gasteiger partial charge in [0.25, 0.3) is 0 Å². The molecular weight excluding hydrogens is 192 g/mol. The zero-order valence-electron chi connectivity index (χ0n) is 6.91. The quantitative estimate of drug-likeness (QED) is 0.442. The Morgan fingerprint density at radius 1 is 1.36 bits per heavy atom. The van der Waals surface area contributed by atoms with Gasteiger partial charge >= 0.3 is 11.9 Å². The van der Waals surface area contributed by atoms with E-state index in [4.69, 9.17) is 10.2 Å². The molecule has 14 heavy (non-hydrogen) atoms. The standard InChI is InChI=1S/C8H8O6/c9-5-3-4(6(10)11)1-2-8(5,14)7(12)13/h1-3,5,9,14H,(H,10,11)(H,12,13)/t5-,8-/m1/s1. The summed E-state index contributed by atoms with van der Waals surface area (Å²) in [5, 5.41) is 35.6. The van der Waals surface area contributed by atoms with Gasteiger partial charge in [-0.15, -0.1) is 0 Å². The van der Waals surface area contributed by atoms with Crippen molar-refractivity contribution in [3.63, 3.8) is 0 Å². The highest BCUT2D eigenvalue weighted by molar-refractivity contribution is 5.92. The van der Waals surface area contributed by atoms with Crippen molar-refractivity contribution in [1.29, 1.82) is 0 Å². The van der Waals surface area contributed by atoms with E-state index in [1.807, 2.05) is 0 Å². The van der Waals surface area contributed by atoms with Gasteiger partial charge in [0.2, 0.25) is 5.60 Å². The lowest BCUT2D eigenvalue weighted by Crippen LogP contribution is -2.48. The molecule has 0 aromatic heterocycles. The molecule has 76 valence electrons. The molecule has 4 N–H and O–H groups in total. The topological polar surface area (TPSA) is 115 Å². The van der Waals surface area contributed by atoms with E-state index >= 15 is 0 Å². The first-order valence-corrected chi connectivity index (χ1v) is 3.66. The number of carboxylic acid groups (broad SMARTS) is 2. The van der Waals surface area contributed by atoms with E-state index in [9.17, 15) is 19.8 Å². The molecule has 0 radical (unpaired) electrons. The fourth-order valence-electron chi connectivity index (χ4n) is 1.01. The average molecular weight is 200 g/mol. The third-order valence-corrected chi connectivity index (χ3v) is 1.89. The second kappa shape index (κ2) is 3.24. The van der Waals surface area contributed by atoms with Gasteiger partial charge in [0.1, 0.15) is 6.10 Å². The molecule has 1 rings (SSSR count). The third-order valence-electron chi connectivity index (χ3n) is 1.89. The van der Waals surface area contributed by atoms with E-state index in [0.29, 0.717) is 0 Å². The minimum atomic E-state index is -2.45. The first kappa shape index (κ1) is 10.4. The second-order valence-electron chi connectivity index (χ2n) is 2.84. The van der Waals surface area contributed by atoms with Crippen molar-refractivity contribution in [2.75, 3.05) is 0 Å². The molecule has 0 fully saturated rings. The van der Waals surface area contributed by atoms with E-state index in [-0.39, 0.29) is 5.57 Å². The summed E-state index contributed by atoms with van der Waals surface area (Å²) in [6.45, 7) is 0. The fraction of sp³-hybridized carbons (Fsp3) is 0.250. The number of hydrogen-bond donors (Lipinski definition) is 4. The summed E-state index contributed by atoms with van der Waals surface area (Å²) in [5.74, 6) is -2.94. The lowest BCUT2D eigenvalue weighted by Gasteiger charge is -2.26.